The van der Waals surface area contributed by atoms with Gasteiger partial charge in [-0.2, -0.15) is 4.89 Å². The van der Waals surface area contributed by atoms with E-state index in [0.29, 0.717) is 0 Å². The van der Waals surface area contributed by atoms with Crippen LogP contribution in [0.2, 0.25) is 0 Å². The van der Waals surface area contributed by atoms with Gasteiger partial charge in [0.1, 0.15) is 12.2 Å². The van der Waals surface area contributed by atoms with Crippen LogP contribution < -0.4 is 0 Å². The summed E-state index contributed by atoms with van der Waals surface area (Å²) in [5.74, 6) is 0. The molecule has 10 heavy (non-hydrogen) atoms. The summed E-state index contributed by atoms with van der Waals surface area (Å²) in [6, 6.07) is 0. The molecule has 1 aliphatic carbocycles. The number of aliphatic hydroxyl groups excluding tert-OH is 1. The Kier molecular flexibility index (Phi) is 2.21. The Morgan fingerprint density at radius 2 is 2.40 bits per heavy atom. The summed E-state index contributed by atoms with van der Waals surface area (Å²) < 4.78 is 0. The van der Waals surface area contributed by atoms with Gasteiger partial charge in [0.2, 0.25) is 0 Å². The van der Waals surface area contributed by atoms with Crippen molar-refractivity contribution < 1.29 is 15.3 Å². The fourth-order valence-electron chi connectivity index (χ4n) is 0.858. The predicted octanol–water partition coefficient (Wildman–Crippen LogP) is 0.594. The molecule has 0 unspecified atom stereocenters. The molecule has 0 bridgehead atoms. The van der Waals surface area contributed by atoms with Crippen LogP contribution in [-0.4, -0.2) is 17.3 Å². The van der Waals surface area contributed by atoms with Gasteiger partial charge >= 0.3 is 0 Å². The third-order valence-electron chi connectivity index (χ3n) is 1.43. The van der Waals surface area contributed by atoms with Gasteiger partial charge in [-0.1, -0.05) is 17.7 Å². The van der Waals surface area contributed by atoms with Gasteiger partial charge in [0.15, 0.2) is 0 Å². The fourth-order valence-corrected chi connectivity index (χ4v) is 0.858. The summed E-state index contributed by atoms with van der Waals surface area (Å²) in [7, 11) is 0. The van der Waals surface area contributed by atoms with E-state index in [2.05, 4.69) is 4.89 Å². The molecule has 2 atom stereocenters. The highest BCUT2D eigenvalue weighted by Gasteiger charge is 2.18. The highest BCUT2D eigenvalue weighted by Crippen LogP contribution is 2.12. The minimum absolute atomic E-state index is 0.718. The molecule has 0 heterocycles. The Balaban J connectivity index is 2.67. The van der Waals surface area contributed by atoms with E-state index in [1.165, 1.54) is 6.08 Å². The maximum absolute atomic E-state index is 9.90. The highest BCUT2D eigenvalue weighted by atomic mass is 17.1. The fraction of sp³-hybridized carbons (Fsp3) is 0.429. The van der Waals surface area contributed by atoms with E-state index in [0.717, 1.165) is 5.57 Å². The van der Waals surface area contributed by atoms with Crippen molar-refractivity contribution in [2.75, 3.05) is 0 Å². The summed E-state index contributed by atoms with van der Waals surface area (Å²) in [5, 5.41) is 18.9. The van der Waals surface area contributed by atoms with Crippen molar-refractivity contribution in [3.05, 3.63) is 23.8 Å². The molecular weight excluding hydrogens is 132 g/mol. The lowest BCUT2D eigenvalue weighted by molar-refractivity contribution is -0.334. The summed E-state index contributed by atoms with van der Waals surface area (Å²) in [5.41, 5.74) is 0.936. The highest BCUT2D eigenvalue weighted by molar-refractivity contribution is 5.25. The normalized spacial score (nSPS) is 32.1. The van der Waals surface area contributed by atoms with E-state index < -0.39 is 12.2 Å². The van der Waals surface area contributed by atoms with Crippen LogP contribution in [0.5, 0.6) is 0 Å². The van der Waals surface area contributed by atoms with Crippen molar-refractivity contribution in [2.45, 2.75) is 19.1 Å². The van der Waals surface area contributed by atoms with Crippen molar-refractivity contribution >= 4 is 0 Å². The van der Waals surface area contributed by atoms with Crippen LogP contribution in [-0.2, 0) is 10.1 Å². The molecule has 0 aromatic rings. The first-order chi connectivity index (χ1) is 4.74. The second-order valence-electron chi connectivity index (χ2n) is 2.32. The molecule has 3 heteroatoms. The van der Waals surface area contributed by atoms with Crippen LogP contribution in [0.1, 0.15) is 6.92 Å². The monoisotopic (exact) mass is 141 g/mol. The average molecular weight is 141 g/mol. The van der Waals surface area contributed by atoms with Crippen LogP contribution in [0.15, 0.2) is 23.8 Å². The molecule has 0 fully saturated rings. The molecule has 1 rings (SSSR count). The van der Waals surface area contributed by atoms with Crippen LogP contribution in [0, 0.1) is 0 Å². The molecule has 3 nitrogen and oxygen atoms in total. The van der Waals surface area contributed by atoms with Gasteiger partial charge in [0, 0.05) is 0 Å². The van der Waals surface area contributed by atoms with Crippen LogP contribution in [0.25, 0.3) is 0 Å². The first-order valence-corrected chi connectivity index (χ1v) is 3.07. The van der Waals surface area contributed by atoms with Gasteiger partial charge in [-0.05, 0) is 18.3 Å². The largest absolute Gasteiger partial charge is 0.386 e. The molecule has 0 saturated heterocycles. The van der Waals surface area contributed by atoms with Crippen molar-refractivity contribution in [1.29, 1.82) is 0 Å². The molecule has 1 N–H and O–H groups in total. The second-order valence-corrected chi connectivity index (χ2v) is 2.32. The third kappa shape index (κ3) is 1.44. The smallest absolute Gasteiger partial charge is 0.144 e. The van der Waals surface area contributed by atoms with Crippen LogP contribution >= 0.6 is 0 Å². The lowest BCUT2D eigenvalue weighted by Gasteiger charge is -2.15. The van der Waals surface area contributed by atoms with E-state index in [-0.39, 0.29) is 0 Å². The quantitative estimate of drug-likeness (QED) is 0.429. The maximum Gasteiger partial charge on any atom is 0.144 e. The van der Waals surface area contributed by atoms with Crippen molar-refractivity contribution in [2.24, 2.45) is 0 Å². The van der Waals surface area contributed by atoms with E-state index in [4.69, 9.17) is 5.11 Å². The summed E-state index contributed by atoms with van der Waals surface area (Å²) in [6.07, 6.45) is 3.38. The first-order valence-electron chi connectivity index (χ1n) is 3.07. The summed E-state index contributed by atoms with van der Waals surface area (Å²) >= 11 is 0. The zero-order valence-electron chi connectivity index (χ0n) is 5.65. The van der Waals surface area contributed by atoms with E-state index in [1.807, 2.05) is 6.92 Å². The van der Waals surface area contributed by atoms with Crippen molar-refractivity contribution in [1.82, 2.24) is 0 Å². The molecule has 55 valence electrons. The third-order valence-corrected chi connectivity index (χ3v) is 1.43. The van der Waals surface area contributed by atoms with Crippen LogP contribution in [0.3, 0.4) is 0 Å². The number of hydrogen-bond donors (Lipinski definition) is 1. The van der Waals surface area contributed by atoms with Crippen molar-refractivity contribution in [3.8, 4) is 0 Å². The van der Waals surface area contributed by atoms with Gasteiger partial charge < -0.3 is 5.11 Å². The van der Waals surface area contributed by atoms with Crippen LogP contribution in [0.4, 0.5) is 0 Å². The Morgan fingerprint density at radius 1 is 1.70 bits per heavy atom. The maximum atomic E-state index is 9.90. The van der Waals surface area contributed by atoms with Gasteiger partial charge in [-0.25, -0.2) is 0 Å². The molecule has 0 aliphatic heterocycles. The summed E-state index contributed by atoms with van der Waals surface area (Å²) in [4.78, 5) is 3.75. The minimum atomic E-state index is -0.791. The SMILES string of the molecule is CC1=C[C@@H](O[O])[C@@H](O)C=C1. The Bertz CT molecular complexity index is 172. The van der Waals surface area contributed by atoms with Gasteiger partial charge in [-0.3, -0.25) is 0 Å². The second kappa shape index (κ2) is 2.96. The molecule has 0 saturated carbocycles. The minimum Gasteiger partial charge on any atom is -0.386 e. The van der Waals surface area contributed by atoms with Gasteiger partial charge in [-0.15, -0.1) is 0 Å². The van der Waals surface area contributed by atoms with Crippen molar-refractivity contribution in [3.63, 3.8) is 0 Å². The number of allylic oxidation sites excluding steroid dienone is 2. The molecule has 0 amide bonds. The Morgan fingerprint density at radius 3 is 2.90 bits per heavy atom. The molecule has 0 aromatic carbocycles. The lowest BCUT2D eigenvalue weighted by Crippen LogP contribution is -2.25. The molecule has 1 aliphatic rings. The van der Waals surface area contributed by atoms with Gasteiger partial charge in [0.25, 0.3) is 0 Å². The topological polar surface area (TPSA) is 49.4 Å². The molecular formula is C7H9O3. The standard InChI is InChI=1S/C7H9O3/c1-5-2-3-6(8)7(4-5)10-9/h2-4,6-8H,1H3/t6-,7+/m0/s1. The van der Waals surface area contributed by atoms with E-state index in [9.17, 15) is 5.26 Å². The molecule has 0 spiro atoms. The van der Waals surface area contributed by atoms with Gasteiger partial charge in [0.05, 0.1) is 0 Å². The zero-order chi connectivity index (χ0) is 7.56. The number of hydrogen-bond acceptors (Lipinski definition) is 2. The average Bonchev–Trinajstić information content (AvgIpc) is 1.94. The lowest BCUT2D eigenvalue weighted by atomic mass is 10.0. The Hall–Kier alpha value is -0.640. The first kappa shape index (κ1) is 7.47. The molecule has 1 radical (unpaired) electrons. The van der Waals surface area contributed by atoms with E-state index in [1.54, 1.807) is 12.2 Å². The number of rotatable bonds is 1. The summed E-state index contributed by atoms with van der Waals surface area (Å²) in [6.45, 7) is 1.84. The Labute approximate surface area is 59.2 Å². The zero-order valence-corrected chi connectivity index (χ0v) is 5.65. The number of aliphatic hydroxyl groups is 1. The molecule has 0 aromatic heterocycles. The predicted molar refractivity (Wildman–Crippen MR) is 34.5 cm³/mol. The van der Waals surface area contributed by atoms with E-state index >= 15 is 0 Å².